The Bertz CT molecular complexity index is 1560. The summed E-state index contributed by atoms with van der Waals surface area (Å²) < 4.78 is 20.9. The summed E-state index contributed by atoms with van der Waals surface area (Å²) in [4.78, 5) is 24.7. The number of halogens is 1. The molecular weight excluding hydrogens is 615 g/mol. The second kappa shape index (κ2) is 17.3. The molecule has 4 aliphatic rings. The summed E-state index contributed by atoms with van der Waals surface area (Å²) in [5.74, 6) is 4.20. The fourth-order valence-electron chi connectivity index (χ4n) is 7.96. The number of benzene rings is 2. The number of nitrogens with one attached hydrogen (secondary N) is 1. The maximum absolute atomic E-state index is 14.3. The molecular formula is C40H65FN6O2. The minimum Gasteiger partial charge on any atom is -0.497 e. The number of aryl methyl sites for hydroxylation is 2. The Morgan fingerprint density at radius 2 is 1.78 bits per heavy atom. The molecule has 0 radical (unpaired) electrons. The second-order valence-electron chi connectivity index (χ2n) is 15.1. The van der Waals surface area contributed by atoms with Crippen LogP contribution in [0.1, 0.15) is 68.3 Å². The monoisotopic (exact) mass is 681 g/mol. The lowest BCUT2D eigenvalue weighted by molar-refractivity contribution is -0.124. The van der Waals surface area contributed by atoms with E-state index in [1.54, 1.807) is 18.5 Å². The van der Waals surface area contributed by atoms with Crippen molar-refractivity contribution in [3.05, 3.63) is 64.5 Å². The SMILES string of the molecule is CC.CC1C[C@@H]2C[C@H]([C@@H]1C)C2(C)C.COc1ccc(CCn2cnc3cc(NC(C)N4CCN(CCN(C)C)CC4)ccc3c2=O)c(F)c1.[HH]. The third kappa shape index (κ3) is 9.41. The number of piperazine rings is 1. The molecule has 0 amide bonds. The topological polar surface area (TPSA) is 65.9 Å². The largest absolute Gasteiger partial charge is 0.497 e. The molecule has 3 saturated carbocycles. The highest BCUT2D eigenvalue weighted by Gasteiger charge is 2.54. The van der Waals surface area contributed by atoms with Gasteiger partial charge in [-0.15, -0.1) is 0 Å². The second-order valence-corrected chi connectivity index (χ2v) is 15.1. The van der Waals surface area contributed by atoms with E-state index in [1.165, 1.54) is 30.6 Å². The lowest BCUT2D eigenvalue weighted by Crippen LogP contribution is -2.54. The van der Waals surface area contributed by atoms with E-state index in [-0.39, 0.29) is 19.0 Å². The minimum absolute atomic E-state index is 0. The van der Waals surface area contributed by atoms with E-state index in [4.69, 9.17) is 4.74 Å². The number of anilines is 1. The van der Waals surface area contributed by atoms with Gasteiger partial charge in [-0.25, -0.2) is 9.37 Å². The molecule has 1 N–H and O–H groups in total. The van der Waals surface area contributed by atoms with Crippen molar-refractivity contribution in [3.63, 3.8) is 0 Å². The van der Waals surface area contributed by atoms with Crippen LogP contribution in [0.4, 0.5) is 10.1 Å². The molecule has 0 spiro atoms. The molecule has 9 heteroatoms. The summed E-state index contributed by atoms with van der Waals surface area (Å²) in [5.41, 5.74) is 2.69. The van der Waals surface area contributed by atoms with Gasteiger partial charge in [0.25, 0.3) is 5.56 Å². The summed E-state index contributed by atoms with van der Waals surface area (Å²) in [6.07, 6.45) is 5.14. The van der Waals surface area contributed by atoms with Crippen LogP contribution in [0.3, 0.4) is 0 Å². The number of nitrogens with zero attached hydrogens (tertiary/aromatic N) is 5. The quantitative estimate of drug-likeness (QED) is 0.241. The van der Waals surface area contributed by atoms with Crippen LogP contribution in [0.5, 0.6) is 5.75 Å². The van der Waals surface area contributed by atoms with E-state index < -0.39 is 0 Å². The Balaban J connectivity index is 0.000000405. The molecule has 2 heterocycles. The molecule has 49 heavy (non-hydrogen) atoms. The van der Waals surface area contributed by atoms with Gasteiger partial charge >= 0.3 is 0 Å². The van der Waals surface area contributed by atoms with Crippen LogP contribution in [-0.4, -0.2) is 90.9 Å². The van der Waals surface area contributed by atoms with Gasteiger partial charge in [-0.3, -0.25) is 19.2 Å². The molecule has 3 aliphatic carbocycles. The van der Waals surface area contributed by atoms with Gasteiger partial charge in [0.1, 0.15) is 11.6 Å². The standard InChI is InChI=1S/C27H37FN6O2.C11H20.C2H6.H2/c1-20(33-15-13-32(14-16-33)12-11-31(2)3)30-22-6-8-24-26(17-22)29-19-34(27(24)35)10-9-21-5-7-23(36-4)18-25(21)28;1-7-5-9-6-10(8(7)2)11(9,3)4;1-2;/h5-8,17-20,30H,9-16H2,1-4H3;7-10H,5-6H2,1-4H3;1-2H3;1H/t;7?,8-,9-,10-;;/m.1../s1. The van der Waals surface area contributed by atoms with Crippen LogP contribution in [0.2, 0.25) is 0 Å². The average Bonchev–Trinajstić information content (AvgIpc) is 3.09. The Morgan fingerprint density at radius 1 is 1.06 bits per heavy atom. The highest BCUT2D eigenvalue weighted by Crippen LogP contribution is 2.62. The van der Waals surface area contributed by atoms with E-state index in [2.05, 4.69) is 73.7 Å². The number of rotatable bonds is 10. The molecule has 7 rings (SSSR count). The first-order chi connectivity index (χ1) is 23.4. The van der Waals surface area contributed by atoms with E-state index in [0.29, 0.717) is 40.6 Å². The van der Waals surface area contributed by atoms with Crippen molar-refractivity contribution in [1.82, 2.24) is 24.3 Å². The Morgan fingerprint density at radius 3 is 2.37 bits per heavy atom. The predicted molar refractivity (Wildman–Crippen MR) is 204 cm³/mol. The van der Waals surface area contributed by atoms with Crippen molar-refractivity contribution in [2.75, 3.05) is 65.8 Å². The number of hydrogen-bond acceptors (Lipinski definition) is 7. The molecule has 8 nitrogen and oxygen atoms in total. The van der Waals surface area contributed by atoms with Crippen molar-refractivity contribution in [3.8, 4) is 5.75 Å². The van der Waals surface area contributed by atoms with Gasteiger partial charge in [0.15, 0.2) is 0 Å². The maximum Gasteiger partial charge on any atom is 0.261 e. The maximum atomic E-state index is 14.3. The Labute approximate surface area is 296 Å². The van der Waals surface area contributed by atoms with Crippen molar-refractivity contribution < 1.29 is 10.6 Å². The molecule has 2 unspecified atom stereocenters. The van der Waals surface area contributed by atoms with Crippen molar-refractivity contribution in [2.45, 2.75) is 80.4 Å². The van der Waals surface area contributed by atoms with Crippen LogP contribution >= 0.6 is 0 Å². The molecule has 4 fully saturated rings. The van der Waals surface area contributed by atoms with Crippen LogP contribution in [0.25, 0.3) is 10.9 Å². The summed E-state index contributed by atoms with van der Waals surface area (Å²) in [6, 6.07) is 10.5. The van der Waals surface area contributed by atoms with E-state index in [1.807, 2.05) is 32.0 Å². The summed E-state index contributed by atoms with van der Waals surface area (Å²) in [5, 5.41) is 4.12. The average molecular weight is 681 g/mol. The fraction of sp³-hybridized carbons (Fsp3) is 0.650. The first-order valence-corrected chi connectivity index (χ1v) is 18.6. The minimum atomic E-state index is -0.337. The molecule has 3 aromatic rings. The van der Waals surface area contributed by atoms with Gasteiger partial charge in [0.2, 0.25) is 0 Å². The van der Waals surface area contributed by atoms with Crippen LogP contribution in [0.15, 0.2) is 47.5 Å². The zero-order chi connectivity index (χ0) is 35.9. The van der Waals surface area contributed by atoms with Crippen LogP contribution < -0.4 is 15.6 Å². The Hall–Kier alpha value is -3.01. The highest BCUT2D eigenvalue weighted by atomic mass is 19.1. The molecule has 1 saturated heterocycles. The van der Waals surface area contributed by atoms with Gasteiger partial charge in [-0.05, 0) is 99.2 Å². The van der Waals surface area contributed by atoms with Gasteiger partial charge in [-0.1, -0.05) is 47.6 Å². The van der Waals surface area contributed by atoms with E-state index in [0.717, 1.165) is 68.6 Å². The molecule has 1 aromatic heterocycles. The van der Waals surface area contributed by atoms with E-state index in [9.17, 15) is 9.18 Å². The molecule has 5 atom stereocenters. The number of aromatic nitrogens is 2. The summed E-state index contributed by atoms with van der Waals surface area (Å²) >= 11 is 0. The number of fused-ring (bicyclic) bond motifs is 3. The number of hydrogen-bond donors (Lipinski definition) is 1. The molecule has 274 valence electrons. The fourth-order valence-corrected chi connectivity index (χ4v) is 7.96. The zero-order valence-corrected chi connectivity index (χ0v) is 31.9. The van der Waals surface area contributed by atoms with Crippen LogP contribution in [0, 0.1) is 34.9 Å². The normalized spacial score (nSPS) is 23.8. The van der Waals surface area contributed by atoms with Gasteiger partial charge in [0.05, 0.1) is 30.5 Å². The molecule has 2 bridgehead atoms. The van der Waals surface area contributed by atoms with Crippen LogP contribution in [-0.2, 0) is 13.0 Å². The van der Waals surface area contributed by atoms with E-state index >= 15 is 0 Å². The number of methoxy groups -OCH3 is 1. The summed E-state index contributed by atoms with van der Waals surface area (Å²) in [7, 11) is 5.73. The van der Waals surface area contributed by atoms with Gasteiger partial charge in [0, 0.05) is 59.0 Å². The third-order valence-corrected chi connectivity index (χ3v) is 11.6. The smallest absolute Gasteiger partial charge is 0.261 e. The highest BCUT2D eigenvalue weighted by molar-refractivity contribution is 5.81. The third-order valence-electron chi connectivity index (χ3n) is 11.6. The first kappa shape index (κ1) is 38.8. The summed E-state index contributed by atoms with van der Waals surface area (Å²) in [6.45, 7) is 22.7. The lowest BCUT2D eigenvalue weighted by Gasteiger charge is -2.61. The number of likely N-dealkylation sites (N-methyl/N-ethyl adjacent to an activating group) is 1. The lowest BCUT2D eigenvalue weighted by atomic mass is 9.44. The molecule has 2 aromatic carbocycles. The van der Waals surface area contributed by atoms with Gasteiger partial charge in [-0.2, -0.15) is 0 Å². The number of ether oxygens (including phenoxy) is 1. The zero-order valence-electron chi connectivity index (χ0n) is 31.9. The van der Waals surface area contributed by atoms with Crippen molar-refractivity contribution in [1.29, 1.82) is 0 Å². The van der Waals surface area contributed by atoms with Crippen molar-refractivity contribution in [2.24, 2.45) is 29.1 Å². The predicted octanol–water partition coefficient (Wildman–Crippen LogP) is 7.32. The van der Waals surface area contributed by atoms with Crippen molar-refractivity contribution >= 4 is 16.6 Å². The first-order valence-electron chi connectivity index (χ1n) is 18.6. The molecule has 1 aliphatic heterocycles. The van der Waals surface area contributed by atoms with Gasteiger partial charge < -0.3 is 15.0 Å². The Kier molecular flexibility index (Phi) is 13.7.